The van der Waals surface area contributed by atoms with Gasteiger partial charge in [0, 0.05) is 6.04 Å². The van der Waals surface area contributed by atoms with E-state index in [9.17, 15) is 8.78 Å². The zero-order chi connectivity index (χ0) is 10.6. The molecule has 0 aliphatic carbocycles. The van der Waals surface area contributed by atoms with E-state index in [1.165, 1.54) is 0 Å². The summed E-state index contributed by atoms with van der Waals surface area (Å²) in [7, 11) is 0. The quantitative estimate of drug-likeness (QED) is 0.874. The number of benzene rings is 1. The molecule has 1 aromatic carbocycles. The van der Waals surface area contributed by atoms with Gasteiger partial charge in [0.1, 0.15) is 12.4 Å². The minimum Gasteiger partial charge on any atom is -0.488 e. The van der Waals surface area contributed by atoms with Crippen LogP contribution in [0.3, 0.4) is 0 Å². The average Bonchev–Trinajstić information content (AvgIpc) is 2.15. The van der Waals surface area contributed by atoms with Crippen molar-refractivity contribution in [3.05, 3.63) is 29.8 Å². The summed E-state index contributed by atoms with van der Waals surface area (Å²) in [5.74, 6) is 0.440. The molecular formula is C10H14ClF2NO. The van der Waals surface area contributed by atoms with E-state index in [0.29, 0.717) is 5.75 Å². The van der Waals surface area contributed by atoms with E-state index in [-0.39, 0.29) is 18.4 Å². The second kappa shape index (κ2) is 6.58. The van der Waals surface area contributed by atoms with Gasteiger partial charge in [0.2, 0.25) is 0 Å². The minimum absolute atomic E-state index is 0. The SMILES string of the molecule is C[C@@H](N)c1ccc(OCC(F)F)cc1.Cl. The molecule has 0 amide bonds. The lowest BCUT2D eigenvalue weighted by Crippen LogP contribution is -2.07. The van der Waals surface area contributed by atoms with E-state index in [0.717, 1.165) is 5.56 Å². The fourth-order valence-corrected chi connectivity index (χ4v) is 1.03. The molecule has 2 N–H and O–H groups in total. The molecule has 0 unspecified atom stereocenters. The van der Waals surface area contributed by atoms with Crippen molar-refractivity contribution in [2.45, 2.75) is 19.4 Å². The first-order valence-electron chi connectivity index (χ1n) is 4.36. The summed E-state index contributed by atoms with van der Waals surface area (Å²) in [6.45, 7) is 1.28. The Morgan fingerprint density at radius 3 is 2.20 bits per heavy atom. The van der Waals surface area contributed by atoms with Crippen molar-refractivity contribution in [1.29, 1.82) is 0 Å². The van der Waals surface area contributed by atoms with Crippen molar-refractivity contribution in [1.82, 2.24) is 0 Å². The molecule has 86 valence electrons. The standard InChI is InChI=1S/C10H13F2NO.ClH/c1-7(13)8-2-4-9(5-3-8)14-6-10(11)12;/h2-5,7,10H,6,13H2,1H3;1H/t7-;/m1./s1. The molecule has 15 heavy (non-hydrogen) atoms. The van der Waals surface area contributed by atoms with E-state index in [1.807, 2.05) is 6.92 Å². The van der Waals surface area contributed by atoms with Crippen molar-refractivity contribution >= 4 is 12.4 Å². The molecule has 1 atom stereocenters. The Morgan fingerprint density at radius 1 is 1.27 bits per heavy atom. The Labute approximate surface area is 93.8 Å². The highest BCUT2D eigenvalue weighted by Crippen LogP contribution is 2.16. The molecule has 1 rings (SSSR count). The molecule has 0 heterocycles. The maximum absolute atomic E-state index is 11.8. The summed E-state index contributed by atoms with van der Waals surface area (Å²) in [6, 6.07) is 6.76. The fourth-order valence-electron chi connectivity index (χ4n) is 1.03. The topological polar surface area (TPSA) is 35.2 Å². The first kappa shape index (κ1) is 14.1. The van der Waals surface area contributed by atoms with Crippen LogP contribution in [0.4, 0.5) is 8.78 Å². The van der Waals surface area contributed by atoms with Crippen LogP contribution >= 0.6 is 12.4 Å². The molecule has 0 aromatic heterocycles. The molecular weight excluding hydrogens is 224 g/mol. The van der Waals surface area contributed by atoms with E-state index < -0.39 is 13.0 Å². The van der Waals surface area contributed by atoms with Crippen LogP contribution in [-0.2, 0) is 0 Å². The van der Waals surface area contributed by atoms with Crippen molar-refractivity contribution in [2.24, 2.45) is 5.73 Å². The molecule has 0 saturated heterocycles. The van der Waals surface area contributed by atoms with Gasteiger partial charge in [0.15, 0.2) is 0 Å². The lowest BCUT2D eigenvalue weighted by molar-refractivity contribution is 0.0819. The molecule has 0 radical (unpaired) electrons. The summed E-state index contributed by atoms with van der Waals surface area (Å²) in [5.41, 5.74) is 6.58. The molecule has 5 heteroatoms. The third-order valence-electron chi connectivity index (χ3n) is 1.78. The summed E-state index contributed by atoms with van der Waals surface area (Å²) < 4.78 is 28.4. The Kier molecular flexibility index (Phi) is 6.20. The molecule has 0 aliphatic rings. The van der Waals surface area contributed by atoms with Crippen LogP contribution in [0.5, 0.6) is 5.75 Å². The highest BCUT2D eigenvalue weighted by molar-refractivity contribution is 5.85. The number of hydrogen-bond donors (Lipinski definition) is 1. The molecule has 0 aliphatic heterocycles. The lowest BCUT2D eigenvalue weighted by Gasteiger charge is -2.08. The van der Waals surface area contributed by atoms with E-state index in [1.54, 1.807) is 24.3 Å². The zero-order valence-corrected chi connectivity index (χ0v) is 9.14. The van der Waals surface area contributed by atoms with Crippen LogP contribution in [0.2, 0.25) is 0 Å². The number of ether oxygens (including phenoxy) is 1. The highest BCUT2D eigenvalue weighted by Gasteiger charge is 2.04. The molecule has 0 spiro atoms. The summed E-state index contributed by atoms with van der Waals surface area (Å²) >= 11 is 0. The van der Waals surface area contributed by atoms with Crippen LogP contribution in [0.15, 0.2) is 24.3 Å². The van der Waals surface area contributed by atoms with Crippen LogP contribution in [0.1, 0.15) is 18.5 Å². The van der Waals surface area contributed by atoms with Gasteiger partial charge in [-0.25, -0.2) is 8.78 Å². The summed E-state index contributed by atoms with van der Waals surface area (Å²) in [4.78, 5) is 0. The van der Waals surface area contributed by atoms with Gasteiger partial charge >= 0.3 is 0 Å². The first-order chi connectivity index (χ1) is 6.59. The van der Waals surface area contributed by atoms with E-state index >= 15 is 0 Å². The van der Waals surface area contributed by atoms with Crippen LogP contribution in [-0.4, -0.2) is 13.0 Å². The third kappa shape index (κ3) is 4.95. The third-order valence-corrected chi connectivity index (χ3v) is 1.78. The lowest BCUT2D eigenvalue weighted by atomic mass is 10.1. The van der Waals surface area contributed by atoms with Crippen molar-refractivity contribution < 1.29 is 13.5 Å². The van der Waals surface area contributed by atoms with Gasteiger partial charge in [-0.2, -0.15) is 0 Å². The van der Waals surface area contributed by atoms with Crippen molar-refractivity contribution in [3.8, 4) is 5.75 Å². The maximum Gasteiger partial charge on any atom is 0.272 e. The Bertz CT molecular complexity index is 277. The minimum atomic E-state index is -2.44. The second-order valence-electron chi connectivity index (χ2n) is 3.06. The van der Waals surface area contributed by atoms with Gasteiger partial charge in [-0.05, 0) is 24.6 Å². The number of hydrogen-bond acceptors (Lipinski definition) is 2. The Hall–Kier alpha value is -0.870. The van der Waals surface area contributed by atoms with Gasteiger partial charge in [-0.15, -0.1) is 12.4 Å². The normalized spacial score (nSPS) is 12.1. The van der Waals surface area contributed by atoms with Crippen LogP contribution in [0.25, 0.3) is 0 Å². The number of rotatable bonds is 4. The Morgan fingerprint density at radius 2 is 1.80 bits per heavy atom. The van der Waals surface area contributed by atoms with Crippen molar-refractivity contribution in [3.63, 3.8) is 0 Å². The molecule has 0 bridgehead atoms. The summed E-state index contributed by atoms with van der Waals surface area (Å²) in [5, 5.41) is 0. The maximum atomic E-state index is 11.8. The molecule has 1 aromatic rings. The molecule has 0 fully saturated rings. The monoisotopic (exact) mass is 237 g/mol. The van der Waals surface area contributed by atoms with Gasteiger partial charge < -0.3 is 10.5 Å². The predicted octanol–water partition coefficient (Wildman–Crippen LogP) is 2.77. The smallest absolute Gasteiger partial charge is 0.272 e. The van der Waals surface area contributed by atoms with E-state index in [2.05, 4.69) is 0 Å². The van der Waals surface area contributed by atoms with Gasteiger partial charge in [0.25, 0.3) is 6.43 Å². The highest BCUT2D eigenvalue weighted by atomic mass is 35.5. The average molecular weight is 238 g/mol. The van der Waals surface area contributed by atoms with Crippen LogP contribution < -0.4 is 10.5 Å². The number of alkyl halides is 2. The first-order valence-corrected chi connectivity index (χ1v) is 4.36. The van der Waals surface area contributed by atoms with Crippen molar-refractivity contribution in [2.75, 3.05) is 6.61 Å². The number of halogens is 3. The molecule has 0 saturated carbocycles. The zero-order valence-electron chi connectivity index (χ0n) is 8.32. The van der Waals surface area contributed by atoms with Gasteiger partial charge in [0.05, 0.1) is 0 Å². The van der Waals surface area contributed by atoms with Gasteiger partial charge in [-0.1, -0.05) is 12.1 Å². The molecule has 2 nitrogen and oxygen atoms in total. The Balaban J connectivity index is 0.00000196. The fraction of sp³-hybridized carbons (Fsp3) is 0.400. The second-order valence-corrected chi connectivity index (χ2v) is 3.06. The summed E-state index contributed by atoms with van der Waals surface area (Å²) in [6.07, 6.45) is -2.44. The van der Waals surface area contributed by atoms with E-state index in [4.69, 9.17) is 10.5 Å². The van der Waals surface area contributed by atoms with Gasteiger partial charge in [-0.3, -0.25) is 0 Å². The predicted molar refractivity (Wildman–Crippen MR) is 57.8 cm³/mol. The number of nitrogens with two attached hydrogens (primary N) is 1. The van der Waals surface area contributed by atoms with Crippen LogP contribution in [0, 0.1) is 0 Å². The largest absolute Gasteiger partial charge is 0.488 e.